The van der Waals surface area contributed by atoms with Gasteiger partial charge < -0.3 is 14.6 Å². The molecule has 8 nitrogen and oxygen atoms in total. The average molecular weight is 428 g/mol. The molecule has 0 radical (unpaired) electrons. The summed E-state index contributed by atoms with van der Waals surface area (Å²) in [5.74, 6) is 3.54. The molecule has 0 aliphatic heterocycles. The quantitative estimate of drug-likeness (QED) is 0.290. The maximum absolute atomic E-state index is 11.8. The van der Waals surface area contributed by atoms with Gasteiger partial charge in [0.25, 0.3) is 0 Å². The molecule has 0 saturated heterocycles. The Labute approximate surface area is 179 Å². The van der Waals surface area contributed by atoms with E-state index >= 15 is 0 Å². The third kappa shape index (κ3) is 5.58. The SMILES string of the molecule is Cc1nnc(NCCSCc2ccc(CN(C)C)o2)c([N+](=O)[O-])c1-c1ccccc1. The van der Waals surface area contributed by atoms with E-state index in [9.17, 15) is 10.1 Å². The minimum atomic E-state index is -0.394. The van der Waals surface area contributed by atoms with Crippen molar-refractivity contribution in [2.75, 3.05) is 31.7 Å². The van der Waals surface area contributed by atoms with Crippen molar-refractivity contribution in [2.24, 2.45) is 0 Å². The van der Waals surface area contributed by atoms with E-state index in [0.717, 1.165) is 35.1 Å². The van der Waals surface area contributed by atoms with E-state index in [-0.39, 0.29) is 11.5 Å². The summed E-state index contributed by atoms with van der Waals surface area (Å²) >= 11 is 1.69. The second-order valence-electron chi connectivity index (χ2n) is 7.07. The fraction of sp³-hybridized carbons (Fsp3) is 0.333. The first kappa shape index (κ1) is 21.8. The van der Waals surface area contributed by atoms with E-state index in [1.54, 1.807) is 18.7 Å². The number of anilines is 1. The largest absolute Gasteiger partial charge is 0.464 e. The first-order chi connectivity index (χ1) is 14.5. The number of nitro groups is 1. The Hall–Kier alpha value is -2.91. The van der Waals surface area contributed by atoms with Gasteiger partial charge in [-0.2, -0.15) is 16.9 Å². The van der Waals surface area contributed by atoms with Crippen molar-refractivity contribution in [1.82, 2.24) is 15.1 Å². The van der Waals surface area contributed by atoms with Gasteiger partial charge >= 0.3 is 5.69 Å². The molecule has 1 N–H and O–H groups in total. The molecule has 158 valence electrons. The number of furan rings is 1. The Morgan fingerprint density at radius 2 is 1.87 bits per heavy atom. The Kier molecular flexibility index (Phi) is 7.42. The van der Waals surface area contributed by atoms with Crippen LogP contribution in [0.4, 0.5) is 11.5 Å². The molecule has 0 aliphatic rings. The van der Waals surface area contributed by atoms with Crippen molar-refractivity contribution in [1.29, 1.82) is 0 Å². The highest BCUT2D eigenvalue weighted by Crippen LogP contribution is 2.36. The highest BCUT2D eigenvalue weighted by Gasteiger charge is 2.25. The highest BCUT2D eigenvalue weighted by molar-refractivity contribution is 7.98. The molecule has 0 amide bonds. The van der Waals surface area contributed by atoms with Crippen molar-refractivity contribution < 1.29 is 9.34 Å². The van der Waals surface area contributed by atoms with Crippen LogP contribution in [0.2, 0.25) is 0 Å². The summed E-state index contributed by atoms with van der Waals surface area (Å²) in [5, 5.41) is 23.0. The predicted octanol–water partition coefficient (Wildman–Crippen LogP) is 4.36. The van der Waals surface area contributed by atoms with Gasteiger partial charge in [-0.05, 0) is 38.7 Å². The van der Waals surface area contributed by atoms with E-state index < -0.39 is 4.92 Å². The van der Waals surface area contributed by atoms with Gasteiger partial charge in [0, 0.05) is 12.3 Å². The Morgan fingerprint density at radius 1 is 1.13 bits per heavy atom. The minimum absolute atomic E-state index is 0.0435. The molecule has 0 saturated carbocycles. The van der Waals surface area contributed by atoms with Crippen molar-refractivity contribution in [3.05, 3.63) is 69.8 Å². The van der Waals surface area contributed by atoms with Gasteiger partial charge in [0.2, 0.25) is 5.82 Å². The summed E-state index contributed by atoms with van der Waals surface area (Å²) in [6, 6.07) is 13.2. The fourth-order valence-corrected chi connectivity index (χ4v) is 3.82. The first-order valence-electron chi connectivity index (χ1n) is 9.56. The monoisotopic (exact) mass is 427 g/mol. The molecule has 0 atom stereocenters. The van der Waals surface area contributed by atoms with Gasteiger partial charge in [0.1, 0.15) is 11.5 Å². The van der Waals surface area contributed by atoms with Gasteiger partial charge in [-0.25, -0.2) is 0 Å². The fourth-order valence-electron chi connectivity index (χ4n) is 3.07. The topological polar surface area (TPSA) is 97.3 Å². The summed E-state index contributed by atoms with van der Waals surface area (Å²) in [4.78, 5) is 13.5. The molecule has 2 aromatic heterocycles. The normalized spacial score (nSPS) is 11.1. The molecule has 30 heavy (non-hydrogen) atoms. The number of nitrogens with one attached hydrogen (secondary N) is 1. The van der Waals surface area contributed by atoms with Crippen LogP contribution in [0.1, 0.15) is 17.2 Å². The molecule has 9 heteroatoms. The third-order valence-corrected chi connectivity index (χ3v) is 5.32. The van der Waals surface area contributed by atoms with E-state index in [1.165, 1.54) is 0 Å². The highest BCUT2D eigenvalue weighted by atomic mass is 32.2. The van der Waals surface area contributed by atoms with Gasteiger partial charge in [0.05, 0.1) is 28.5 Å². The molecule has 2 heterocycles. The third-order valence-electron chi connectivity index (χ3n) is 4.34. The van der Waals surface area contributed by atoms with Crippen LogP contribution < -0.4 is 5.32 Å². The molecule has 0 fully saturated rings. The van der Waals surface area contributed by atoms with Crippen LogP contribution in [0.3, 0.4) is 0 Å². The van der Waals surface area contributed by atoms with Crippen LogP contribution in [0, 0.1) is 17.0 Å². The van der Waals surface area contributed by atoms with E-state index in [0.29, 0.717) is 17.8 Å². The minimum Gasteiger partial charge on any atom is -0.464 e. The van der Waals surface area contributed by atoms with Gasteiger partial charge in [0.15, 0.2) is 0 Å². The van der Waals surface area contributed by atoms with Gasteiger partial charge in [-0.1, -0.05) is 30.3 Å². The summed E-state index contributed by atoms with van der Waals surface area (Å²) in [6.07, 6.45) is 0. The number of hydrogen-bond donors (Lipinski definition) is 1. The van der Waals surface area contributed by atoms with Crippen LogP contribution in [0.25, 0.3) is 11.1 Å². The number of aryl methyl sites for hydroxylation is 1. The molecule has 1 aromatic carbocycles. The van der Waals surface area contributed by atoms with Crippen molar-refractivity contribution in [3.63, 3.8) is 0 Å². The average Bonchev–Trinajstić information content (AvgIpc) is 3.15. The molecule has 0 spiro atoms. The van der Waals surface area contributed by atoms with Gasteiger partial charge in [-0.3, -0.25) is 10.1 Å². The lowest BCUT2D eigenvalue weighted by Crippen LogP contribution is -2.11. The van der Waals surface area contributed by atoms with E-state index in [1.807, 2.05) is 56.6 Å². The number of hydrogen-bond acceptors (Lipinski definition) is 8. The zero-order chi connectivity index (χ0) is 21.5. The van der Waals surface area contributed by atoms with Crippen LogP contribution in [0.15, 0.2) is 46.9 Å². The zero-order valence-electron chi connectivity index (χ0n) is 17.3. The van der Waals surface area contributed by atoms with Crippen LogP contribution in [0.5, 0.6) is 0 Å². The van der Waals surface area contributed by atoms with Crippen molar-refractivity contribution in [2.45, 2.75) is 19.2 Å². The Balaban J connectivity index is 1.62. The summed E-state index contributed by atoms with van der Waals surface area (Å²) < 4.78 is 5.79. The van der Waals surface area contributed by atoms with E-state index in [4.69, 9.17) is 4.42 Å². The predicted molar refractivity (Wildman–Crippen MR) is 120 cm³/mol. The maximum Gasteiger partial charge on any atom is 0.322 e. The number of rotatable bonds is 10. The van der Waals surface area contributed by atoms with Crippen molar-refractivity contribution in [3.8, 4) is 11.1 Å². The molecule has 0 bridgehead atoms. The van der Waals surface area contributed by atoms with Crippen LogP contribution in [-0.4, -0.2) is 46.4 Å². The molecule has 0 unspecified atom stereocenters. The lowest BCUT2D eigenvalue weighted by atomic mass is 10.0. The van der Waals surface area contributed by atoms with Crippen LogP contribution >= 0.6 is 11.8 Å². The van der Waals surface area contributed by atoms with Crippen molar-refractivity contribution >= 4 is 23.3 Å². The molecule has 3 aromatic rings. The lowest BCUT2D eigenvalue weighted by molar-refractivity contribution is -0.383. The number of nitrogens with zero attached hydrogens (tertiary/aromatic N) is 4. The lowest BCUT2D eigenvalue weighted by Gasteiger charge is -2.10. The molecule has 3 rings (SSSR count). The van der Waals surface area contributed by atoms with Gasteiger partial charge in [-0.15, -0.1) is 5.10 Å². The number of benzene rings is 1. The zero-order valence-corrected chi connectivity index (χ0v) is 18.1. The number of aromatic nitrogens is 2. The number of thioether (sulfide) groups is 1. The molecular weight excluding hydrogens is 402 g/mol. The Bertz CT molecular complexity index is 992. The summed E-state index contributed by atoms with van der Waals surface area (Å²) in [6.45, 7) is 3.03. The maximum atomic E-state index is 11.8. The Morgan fingerprint density at radius 3 is 2.57 bits per heavy atom. The van der Waals surface area contributed by atoms with E-state index in [2.05, 4.69) is 20.4 Å². The first-order valence-corrected chi connectivity index (χ1v) is 10.7. The standard InChI is InChI=1S/C21H25N5O3S/c1-15-19(16-7-5-4-6-8-16)20(26(27)28)21(24-23-15)22-11-12-30-14-18-10-9-17(29-18)13-25(2)3/h4-10H,11-14H2,1-3H3,(H,22,24). The second-order valence-corrected chi connectivity index (χ2v) is 8.17. The molecule has 0 aliphatic carbocycles. The second kappa shape index (κ2) is 10.2. The molecular formula is C21H25N5O3S. The van der Waals surface area contributed by atoms with Crippen LogP contribution in [-0.2, 0) is 12.3 Å². The smallest absolute Gasteiger partial charge is 0.322 e. The summed E-state index contributed by atoms with van der Waals surface area (Å²) in [7, 11) is 4.00. The summed E-state index contributed by atoms with van der Waals surface area (Å²) in [5.41, 5.74) is 1.73.